The van der Waals surface area contributed by atoms with Crippen LogP contribution >= 0.6 is 0 Å². The number of hydrogen-bond acceptors (Lipinski definition) is 3. The van der Waals surface area contributed by atoms with E-state index in [2.05, 4.69) is 44.3 Å². The molecule has 1 aliphatic heterocycles. The second-order valence-electron chi connectivity index (χ2n) is 9.22. The maximum Gasteiger partial charge on any atom is 0.217 e. The van der Waals surface area contributed by atoms with Crippen LogP contribution in [0.5, 0.6) is 5.75 Å². The van der Waals surface area contributed by atoms with Crippen LogP contribution in [-0.4, -0.2) is 25.7 Å². The Balaban J connectivity index is 1.74. The molecule has 2 aliphatic carbocycles. The van der Waals surface area contributed by atoms with Gasteiger partial charge in [-0.15, -0.1) is 0 Å². The standard InChI is InChI=1S/C22H31NO3/c1-13-6-7-16(18(10-13)25-5)19-17-11-15-12-22(17,8-9-26-19)20(21(15,3)4)23-14(2)24/h6-7,10,15,17,19-20H,8-9,11-12H2,1-5H3,(H,23,24)/t15-,17-,19-,20-,22-/m1/s1. The third kappa shape index (κ3) is 2.41. The Morgan fingerprint density at radius 2 is 2.12 bits per heavy atom. The Morgan fingerprint density at radius 3 is 2.81 bits per heavy atom. The normalized spacial score (nSPS) is 37.3. The van der Waals surface area contributed by atoms with Crippen molar-refractivity contribution in [2.75, 3.05) is 13.7 Å². The number of amides is 1. The molecular formula is C22H31NO3. The number of nitrogens with one attached hydrogen (secondary N) is 1. The average molecular weight is 357 g/mol. The fourth-order valence-corrected chi connectivity index (χ4v) is 6.35. The van der Waals surface area contributed by atoms with Crippen LogP contribution in [-0.2, 0) is 9.53 Å². The molecule has 4 rings (SSSR count). The summed E-state index contributed by atoms with van der Waals surface area (Å²) >= 11 is 0. The molecule has 2 bridgehead atoms. The first-order valence-electron chi connectivity index (χ1n) is 9.83. The zero-order chi connectivity index (χ0) is 18.7. The van der Waals surface area contributed by atoms with Crippen molar-refractivity contribution in [2.45, 2.75) is 59.1 Å². The smallest absolute Gasteiger partial charge is 0.217 e. The van der Waals surface area contributed by atoms with Crippen molar-refractivity contribution in [2.24, 2.45) is 22.7 Å². The predicted octanol–water partition coefficient (Wildman–Crippen LogP) is 4.02. The van der Waals surface area contributed by atoms with Gasteiger partial charge >= 0.3 is 0 Å². The number of carbonyl (C=O) groups is 1. The summed E-state index contributed by atoms with van der Waals surface area (Å²) in [5.41, 5.74) is 2.63. The van der Waals surface area contributed by atoms with Crippen molar-refractivity contribution in [3.8, 4) is 5.75 Å². The van der Waals surface area contributed by atoms with Crippen molar-refractivity contribution >= 4 is 5.91 Å². The maximum atomic E-state index is 12.0. The third-order valence-corrected chi connectivity index (χ3v) is 7.55. The van der Waals surface area contributed by atoms with E-state index in [9.17, 15) is 4.79 Å². The van der Waals surface area contributed by atoms with E-state index < -0.39 is 0 Å². The lowest BCUT2D eigenvalue weighted by Gasteiger charge is -2.53. The molecule has 4 nitrogen and oxygen atoms in total. The Labute approximate surface area is 156 Å². The topological polar surface area (TPSA) is 47.6 Å². The lowest BCUT2D eigenvalue weighted by atomic mass is 9.58. The molecule has 2 saturated carbocycles. The van der Waals surface area contributed by atoms with Crippen molar-refractivity contribution in [1.29, 1.82) is 0 Å². The molecule has 1 aromatic rings. The van der Waals surface area contributed by atoms with Crippen molar-refractivity contribution < 1.29 is 14.3 Å². The molecule has 1 heterocycles. The van der Waals surface area contributed by atoms with Gasteiger partial charge in [0.05, 0.1) is 13.2 Å². The second-order valence-corrected chi connectivity index (χ2v) is 9.22. The highest BCUT2D eigenvalue weighted by atomic mass is 16.5. The highest BCUT2D eigenvalue weighted by molar-refractivity contribution is 5.73. The molecule has 0 aromatic heterocycles. The van der Waals surface area contributed by atoms with Gasteiger partial charge < -0.3 is 14.8 Å². The van der Waals surface area contributed by atoms with Crippen LogP contribution in [0.1, 0.15) is 57.3 Å². The van der Waals surface area contributed by atoms with Gasteiger partial charge in [-0.1, -0.05) is 26.0 Å². The molecule has 26 heavy (non-hydrogen) atoms. The molecule has 1 saturated heterocycles. The number of carbonyl (C=O) groups excluding carboxylic acids is 1. The second kappa shape index (κ2) is 5.98. The molecule has 4 heteroatoms. The lowest BCUT2D eigenvalue weighted by molar-refractivity contribution is -0.136. The largest absolute Gasteiger partial charge is 0.496 e. The minimum atomic E-state index is 0.0525. The number of ether oxygens (including phenoxy) is 2. The molecule has 1 spiro atoms. The highest BCUT2D eigenvalue weighted by Gasteiger charge is 2.68. The lowest BCUT2D eigenvalue weighted by Crippen LogP contribution is -2.58. The minimum Gasteiger partial charge on any atom is -0.496 e. The quantitative estimate of drug-likeness (QED) is 0.889. The van der Waals surface area contributed by atoms with Crippen molar-refractivity contribution in [1.82, 2.24) is 5.32 Å². The van der Waals surface area contributed by atoms with Crippen molar-refractivity contribution in [3.05, 3.63) is 29.3 Å². The SMILES string of the molecule is COc1cc(C)ccc1[C@H]1OCC[C@@]23C[C@@H](C[C@H]12)C(C)(C)[C@H]3NC(C)=O. The minimum absolute atomic E-state index is 0.0525. The maximum absolute atomic E-state index is 12.0. The van der Waals surface area contributed by atoms with Crippen LogP contribution in [0.25, 0.3) is 0 Å². The summed E-state index contributed by atoms with van der Waals surface area (Å²) in [6.45, 7) is 9.15. The van der Waals surface area contributed by atoms with E-state index in [1.54, 1.807) is 14.0 Å². The van der Waals surface area contributed by atoms with E-state index in [4.69, 9.17) is 9.47 Å². The molecule has 1 aromatic carbocycles. The number of methoxy groups -OCH3 is 1. The molecular weight excluding hydrogens is 326 g/mol. The fourth-order valence-electron chi connectivity index (χ4n) is 6.35. The predicted molar refractivity (Wildman–Crippen MR) is 101 cm³/mol. The van der Waals surface area contributed by atoms with Crippen LogP contribution in [0.2, 0.25) is 0 Å². The molecule has 1 N–H and O–H groups in total. The van der Waals surface area contributed by atoms with Gasteiger partial charge in [-0.3, -0.25) is 4.79 Å². The zero-order valence-corrected chi connectivity index (χ0v) is 16.6. The van der Waals surface area contributed by atoms with Gasteiger partial charge in [0, 0.05) is 25.1 Å². The van der Waals surface area contributed by atoms with E-state index in [0.29, 0.717) is 11.8 Å². The molecule has 3 aliphatic rings. The van der Waals surface area contributed by atoms with E-state index in [1.807, 2.05) is 0 Å². The summed E-state index contributed by atoms with van der Waals surface area (Å²) in [5.74, 6) is 2.07. The summed E-state index contributed by atoms with van der Waals surface area (Å²) in [5, 5.41) is 3.34. The fraction of sp³-hybridized carbons (Fsp3) is 0.682. The number of hydrogen-bond donors (Lipinski definition) is 1. The van der Waals surface area contributed by atoms with Crippen LogP contribution in [0.15, 0.2) is 18.2 Å². The summed E-state index contributed by atoms with van der Waals surface area (Å²) in [4.78, 5) is 12.0. The number of aryl methyl sites for hydroxylation is 1. The molecule has 142 valence electrons. The number of fused-ring (bicyclic) bond motifs is 1. The summed E-state index contributed by atoms with van der Waals surface area (Å²) in [7, 11) is 1.74. The Hall–Kier alpha value is -1.55. The van der Waals surface area contributed by atoms with Crippen molar-refractivity contribution in [3.63, 3.8) is 0 Å². The van der Waals surface area contributed by atoms with Crippen LogP contribution in [0.3, 0.4) is 0 Å². The van der Waals surface area contributed by atoms with Gasteiger partial charge in [0.15, 0.2) is 0 Å². The van der Waals surface area contributed by atoms with Gasteiger partial charge in [0.2, 0.25) is 5.91 Å². The van der Waals surface area contributed by atoms with Gasteiger partial charge in [0.25, 0.3) is 0 Å². The summed E-state index contributed by atoms with van der Waals surface area (Å²) in [6.07, 6.45) is 3.46. The van der Waals surface area contributed by atoms with Crippen LogP contribution in [0.4, 0.5) is 0 Å². The Bertz CT molecular complexity index is 728. The molecule has 0 unspecified atom stereocenters. The molecule has 3 fully saturated rings. The van der Waals surface area contributed by atoms with E-state index >= 15 is 0 Å². The van der Waals surface area contributed by atoms with E-state index in [1.165, 1.54) is 18.4 Å². The van der Waals surface area contributed by atoms with Gasteiger partial charge in [-0.2, -0.15) is 0 Å². The first-order valence-corrected chi connectivity index (χ1v) is 9.83. The Kier molecular flexibility index (Phi) is 4.11. The van der Waals surface area contributed by atoms with E-state index in [-0.39, 0.29) is 28.9 Å². The van der Waals surface area contributed by atoms with E-state index in [0.717, 1.165) is 24.3 Å². The number of rotatable bonds is 3. The first-order chi connectivity index (χ1) is 12.3. The van der Waals surface area contributed by atoms with Gasteiger partial charge in [-0.25, -0.2) is 0 Å². The van der Waals surface area contributed by atoms with Crippen LogP contribution < -0.4 is 10.1 Å². The molecule has 1 amide bonds. The number of benzene rings is 1. The summed E-state index contributed by atoms with van der Waals surface area (Å²) < 4.78 is 12.0. The first kappa shape index (κ1) is 17.8. The highest BCUT2D eigenvalue weighted by Crippen LogP contribution is 2.70. The van der Waals surface area contributed by atoms with Gasteiger partial charge in [0.1, 0.15) is 5.75 Å². The Morgan fingerprint density at radius 1 is 1.35 bits per heavy atom. The van der Waals surface area contributed by atoms with Crippen LogP contribution in [0, 0.1) is 29.6 Å². The average Bonchev–Trinajstić information content (AvgIpc) is 3.07. The molecule has 5 atom stereocenters. The monoisotopic (exact) mass is 357 g/mol. The van der Waals surface area contributed by atoms with Gasteiger partial charge in [-0.05, 0) is 60.5 Å². The third-order valence-electron chi connectivity index (χ3n) is 7.55. The summed E-state index contributed by atoms with van der Waals surface area (Å²) in [6, 6.07) is 6.63. The molecule has 0 radical (unpaired) electrons. The zero-order valence-electron chi connectivity index (χ0n) is 16.6.